The van der Waals surface area contributed by atoms with Crippen molar-refractivity contribution in [2.75, 3.05) is 13.2 Å². The van der Waals surface area contributed by atoms with Gasteiger partial charge in [0.15, 0.2) is 0 Å². The highest BCUT2D eigenvalue weighted by molar-refractivity contribution is 7.32. The number of aryl methyl sites for hydroxylation is 2. The van der Waals surface area contributed by atoms with E-state index in [1.54, 1.807) is 0 Å². The number of unbranched alkanes of at least 4 members (excludes halogenated alkanes) is 3. The highest BCUT2D eigenvalue weighted by Crippen LogP contribution is 2.19. The quantitative estimate of drug-likeness (QED) is 0.305. The second-order valence-corrected chi connectivity index (χ2v) is 8.05. The minimum atomic E-state index is -2.51. The maximum Gasteiger partial charge on any atom is 0.694 e. The van der Waals surface area contributed by atoms with Crippen molar-refractivity contribution in [1.29, 1.82) is 0 Å². The summed E-state index contributed by atoms with van der Waals surface area (Å²) in [5.41, 5.74) is 3.11. The number of halogens is 2. The van der Waals surface area contributed by atoms with Gasteiger partial charge in [0.2, 0.25) is 0 Å². The SMILES string of the molecule is O=[P+](O)OCCCNCc1cc(Cl)c(CCCCCCc2ccc(F)cc2)cn1. The molecule has 1 unspecified atom stereocenters. The van der Waals surface area contributed by atoms with Crippen molar-refractivity contribution in [2.24, 2.45) is 0 Å². The minimum absolute atomic E-state index is 0.187. The molecular formula is C21H28ClFN2O3P+. The van der Waals surface area contributed by atoms with Crippen LogP contribution in [0.25, 0.3) is 0 Å². The number of nitrogens with one attached hydrogen (secondary N) is 1. The zero-order chi connectivity index (χ0) is 20.9. The van der Waals surface area contributed by atoms with E-state index in [4.69, 9.17) is 16.5 Å². The third kappa shape index (κ3) is 10.2. The van der Waals surface area contributed by atoms with Crippen molar-refractivity contribution in [3.05, 3.63) is 64.2 Å². The molecule has 2 aromatic rings. The summed E-state index contributed by atoms with van der Waals surface area (Å²) in [5, 5.41) is 3.95. The lowest BCUT2D eigenvalue weighted by Crippen LogP contribution is -2.16. The molecule has 0 radical (unpaired) electrons. The first-order chi connectivity index (χ1) is 14.0. The number of pyridine rings is 1. The molecule has 1 heterocycles. The molecule has 0 spiro atoms. The van der Waals surface area contributed by atoms with Crippen LogP contribution in [0.4, 0.5) is 4.39 Å². The lowest BCUT2D eigenvalue weighted by Gasteiger charge is -2.08. The summed E-state index contributed by atoms with van der Waals surface area (Å²) in [4.78, 5) is 13.0. The number of benzene rings is 1. The fourth-order valence-corrected chi connectivity index (χ4v) is 3.54. The highest BCUT2D eigenvalue weighted by Gasteiger charge is 2.10. The van der Waals surface area contributed by atoms with E-state index in [0.717, 1.165) is 54.8 Å². The van der Waals surface area contributed by atoms with Gasteiger partial charge >= 0.3 is 8.25 Å². The Morgan fingerprint density at radius 2 is 1.83 bits per heavy atom. The van der Waals surface area contributed by atoms with Gasteiger partial charge in [0.25, 0.3) is 0 Å². The maximum atomic E-state index is 12.9. The van der Waals surface area contributed by atoms with Crippen molar-refractivity contribution in [3.63, 3.8) is 0 Å². The Morgan fingerprint density at radius 3 is 2.52 bits per heavy atom. The number of hydrogen-bond acceptors (Lipinski definition) is 4. The second kappa shape index (κ2) is 13.7. The highest BCUT2D eigenvalue weighted by atomic mass is 35.5. The van der Waals surface area contributed by atoms with E-state index in [1.165, 1.54) is 17.7 Å². The van der Waals surface area contributed by atoms with Crippen molar-refractivity contribution >= 4 is 19.9 Å². The van der Waals surface area contributed by atoms with Crippen LogP contribution in [0, 0.1) is 5.82 Å². The molecule has 0 aliphatic rings. The molecule has 2 N–H and O–H groups in total. The fraction of sp³-hybridized carbons (Fsp3) is 0.476. The number of aromatic nitrogens is 1. The van der Waals surface area contributed by atoms with E-state index in [1.807, 2.05) is 24.4 Å². The average molecular weight is 442 g/mol. The lowest BCUT2D eigenvalue weighted by atomic mass is 10.0. The summed E-state index contributed by atoms with van der Waals surface area (Å²) >= 11 is 6.38. The van der Waals surface area contributed by atoms with Gasteiger partial charge in [0.1, 0.15) is 12.4 Å². The summed E-state index contributed by atoms with van der Waals surface area (Å²) in [5.74, 6) is -0.187. The van der Waals surface area contributed by atoms with Crippen LogP contribution >= 0.6 is 19.9 Å². The normalized spacial score (nSPS) is 11.6. The van der Waals surface area contributed by atoms with Crippen molar-refractivity contribution in [3.8, 4) is 0 Å². The lowest BCUT2D eigenvalue weighted by molar-refractivity contribution is 0.276. The Kier molecular flexibility index (Phi) is 11.3. The Balaban J connectivity index is 1.58. The molecule has 0 saturated carbocycles. The largest absolute Gasteiger partial charge is 0.694 e. The van der Waals surface area contributed by atoms with Gasteiger partial charge in [-0.2, -0.15) is 0 Å². The topological polar surface area (TPSA) is 71.5 Å². The van der Waals surface area contributed by atoms with Crippen molar-refractivity contribution in [1.82, 2.24) is 10.3 Å². The molecule has 158 valence electrons. The molecule has 29 heavy (non-hydrogen) atoms. The first-order valence-electron chi connectivity index (χ1n) is 9.92. The molecular weight excluding hydrogens is 414 g/mol. The summed E-state index contributed by atoms with van der Waals surface area (Å²) < 4.78 is 27.9. The van der Waals surface area contributed by atoms with Gasteiger partial charge in [0, 0.05) is 22.3 Å². The van der Waals surface area contributed by atoms with Gasteiger partial charge < -0.3 is 5.32 Å². The van der Waals surface area contributed by atoms with E-state index >= 15 is 0 Å². The van der Waals surface area contributed by atoms with Crippen molar-refractivity contribution in [2.45, 2.75) is 51.5 Å². The molecule has 0 bridgehead atoms. The van der Waals surface area contributed by atoms with Gasteiger partial charge in [-0.15, -0.1) is 9.42 Å². The summed E-state index contributed by atoms with van der Waals surface area (Å²) in [6.07, 6.45) is 8.81. The van der Waals surface area contributed by atoms with E-state index in [-0.39, 0.29) is 12.4 Å². The zero-order valence-electron chi connectivity index (χ0n) is 16.4. The molecule has 2 rings (SSSR count). The fourth-order valence-electron chi connectivity index (χ4n) is 2.98. The maximum absolute atomic E-state index is 12.9. The Bertz CT molecular complexity index is 762. The number of hydrogen-bond donors (Lipinski definition) is 2. The molecule has 1 aromatic heterocycles. The number of nitrogens with zero attached hydrogens (tertiary/aromatic N) is 1. The molecule has 1 atom stereocenters. The standard InChI is InChI=1S/C21H27ClFN2O3P/c22-21-14-20(16-24-12-5-13-28-29(26)27)25-15-18(21)7-4-2-1-3-6-17-8-10-19(23)11-9-17/h8-11,14-15,24H,1-7,12-13,16H2/p+1. The first kappa shape index (κ1) is 23.8. The Labute approximate surface area is 177 Å². The molecule has 8 heteroatoms. The molecule has 0 amide bonds. The van der Waals surface area contributed by atoms with Crippen LogP contribution in [-0.4, -0.2) is 23.0 Å². The van der Waals surface area contributed by atoms with E-state index in [0.29, 0.717) is 19.5 Å². The molecule has 0 aliphatic heterocycles. The summed E-state index contributed by atoms with van der Waals surface area (Å²) in [6.45, 7) is 1.51. The van der Waals surface area contributed by atoms with Gasteiger partial charge in [-0.25, -0.2) is 4.39 Å². The first-order valence-corrected chi connectivity index (χ1v) is 11.4. The summed E-state index contributed by atoms with van der Waals surface area (Å²) in [7, 11) is -2.51. The Hall–Kier alpha value is -1.43. The van der Waals surface area contributed by atoms with Gasteiger partial charge in [-0.05, 0) is 68.0 Å². The third-order valence-electron chi connectivity index (χ3n) is 4.57. The van der Waals surface area contributed by atoms with E-state index < -0.39 is 8.25 Å². The van der Waals surface area contributed by atoms with Gasteiger partial charge in [-0.3, -0.25) is 4.98 Å². The average Bonchev–Trinajstić information content (AvgIpc) is 2.69. The van der Waals surface area contributed by atoms with E-state index in [9.17, 15) is 8.96 Å². The van der Waals surface area contributed by atoms with Crippen LogP contribution in [-0.2, 0) is 28.5 Å². The third-order valence-corrected chi connectivity index (χ3v) is 5.32. The monoisotopic (exact) mass is 441 g/mol. The predicted octanol–water partition coefficient (Wildman–Crippen LogP) is 5.37. The zero-order valence-corrected chi connectivity index (χ0v) is 18.1. The van der Waals surface area contributed by atoms with Crippen LogP contribution in [0.1, 0.15) is 48.9 Å². The minimum Gasteiger partial charge on any atom is -0.311 e. The Morgan fingerprint density at radius 1 is 1.10 bits per heavy atom. The van der Waals surface area contributed by atoms with Crippen LogP contribution in [0.15, 0.2) is 36.5 Å². The van der Waals surface area contributed by atoms with E-state index in [2.05, 4.69) is 14.8 Å². The van der Waals surface area contributed by atoms with Crippen LogP contribution in [0.2, 0.25) is 5.02 Å². The molecule has 5 nitrogen and oxygen atoms in total. The second-order valence-electron chi connectivity index (χ2n) is 6.91. The van der Waals surface area contributed by atoms with Crippen molar-refractivity contribution < 1.29 is 18.4 Å². The predicted molar refractivity (Wildman–Crippen MR) is 114 cm³/mol. The summed E-state index contributed by atoms with van der Waals surface area (Å²) in [6, 6.07) is 8.61. The molecule has 1 aromatic carbocycles. The smallest absolute Gasteiger partial charge is 0.311 e. The van der Waals surface area contributed by atoms with Crippen LogP contribution < -0.4 is 5.32 Å². The number of rotatable bonds is 14. The van der Waals surface area contributed by atoms with Crippen LogP contribution in [0.3, 0.4) is 0 Å². The molecule has 0 fully saturated rings. The van der Waals surface area contributed by atoms with Gasteiger partial charge in [-0.1, -0.05) is 36.6 Å². The van der Waals surface area contributed by atoms with Crippen LogP contribution in [0.5, 0.6) is 0 Å². The molecule has 0 saturated heterocycles. The molecule has 0 aliphatic carbocycles. The van der Waals surface area contributed by atoms with Gasteiger partial charge in [0.05, 0.1) is 5.69 Å².